The van der Waals surface area contributed by atoms with Crippen molar-refractivity contribution >= 4 is 33.5 Å². The van der Waals surface area contributed by atoms with E-state index in [9.17, 15) is 9.59 Å². The third-order valence-corrected chi connectivity index (χ3v) is 6.63. The first kappa shape index (κ1) is 27.4. The Bertz CT molecular complexity index is 687. The molecule has 0 fully saturated rings. The highest BCUT2D eigenvalue weighted by atomic mass is 33.1. The molecule has 0 saturated carbocycles. The van der Waals surface area contributed by atoms with Gasteiger partial charge in [0, 0.05) is 45.7 Å². The van der Waals surface area contributed by atoms with Gasteiger partial charge >= 0.3 is 11.9 Å². The molecule has 8 heteroatoms. The molecule has 2 aromatic heterocycles. The smallest absolute Gasteiger partial charge is 0.332 e. The molecule has 162 valence electrons. The predicted molar refractivity (Wildman–Crippen MR) is 125 cm³/mol. The summed E-state index contributed by atoms with van der Waals surface area (Å²) in [4.78, 5) is 30.8. The van der Waals surface area contributed by atoms with E-state index in [1.54, 1.807) is 38.6 Å². The number of aromatic nitrogens is 2. The van der Waals surface area contributed by atoms with Gasteiger partial charge in [-0.15, -0.1) is 0 Å². The monoisotopic (exact) mass is 448 g/mol. The van der Waals surface area contributed by atoms with Crippen molar-refractivity contribution in [3.63, 3.8) is 0 Å². The summed E-state index contributed by atoms with van der Waals surface area (Å²) in [6.07, 6.45) is 8.25. The van der Waals surface area contributed by atoms with E-state index in [4.69, 9.17) is 10.2 Å². The van der Waals surface area contributed by atoms with E-state index in [0.717, 1.165) is 9.81 Å². The lowest BCUT2D eigenvalue weighted by Crippen LogP contribution is -2.00. The Kier molecular flexibility index (Phi) is 15.8. The Labute approximate surface area is 185 Å². The van der Waals surface area contributed by atoms with Crippen LogP contribution in [0.4, 0.5) is 0 Å². The van der Waals surface area contributed by atoms with E-state index >= 15 is 0 Å². The van der Waals surface area contributed by atoms with Gasteiger partial charge in [0.1, 0.15) is 0 Å². The number of nitrogens with zero attached hydrogens (tertiary/aromatic N) is 2. The van der Waals surface area contributed by atoms with E-state index in [2.05, 4.69) is 9.97 Å². The zero-order valence-electron chi connectivity index (χ0n) is 17.6. The van der Waals surface area contributed by atoms with Crippen molar-refractivity contribution in [2.24, 2.45) is 0 Å². The molecular formula is C22H28N2O4S2. The molecule has 0 aliphatic heterocycles. The van der Waals surface area contributed by atoms with Gasteiger partial charge in [0.05, 0.1) is 0 Å². The molecular weight excluding hydrogens is 420 g/mol. The molecule has 0 spiro atoms. The van der Waals surface area contributed by atoms with E-state index in [1.807, 2.05) is 50.2 Å². The highest BCUT2D eigenvalue weighted by Gasteiger charge is 2.13. The Balaban J connectivity index is 0.000000556. The van der Waals surface area contributed by atoms with Crippen LogP contribution in [0.2, 0.25) is 0 Å². The summed E-state index contributed by atoms with van der Waals surface area (Å²) in [5.41, 5.74) is 0.636. The van der Waals surface area contributed by atoms with Crippen molar-refractivity contribution in [3.8, 4) is 0 Å². The summed E-state index contributed by atoms with van der Waals surface area (Å²) >= 11 is 0. The number of carbonyl (C=O) groups is 2. The zero-order chi connectivity index (χ0) is 22.8. The Morgan fingerprint density at radius 1 is 0.667 bits per heavy atom. The molecule has 0 aromatic carbocycles. The summed E-state index contributed by atoms with van der Waals surface area (Å²) in [5.74, 6) is -1.87. The molecule has 2 heterocycles. The van der Waals surface area contributed by atoms with Gasteiger partial charge in [0.25, 0.3) is 0 Å². The van der Waals surface area contributed by atoms with Crippen molar-refractivity contribution in [2.45, 2.75) is 40.5 Å². The van der Waals surface area contributed by atoms with Gasteiger partial charge < -0.3 is 10.2 Å². The van der Waals surface area contributed by atoms with Crippen LogP contribution in [-0.2, 0) is 9.59 Å². The molecule has 0 aliphatic rings. The molecule has 6 nitrogen and oxygen atoms in total. The second kappa shape index (κ2) is 17.3. The normalized spacial score (nSPS) is 11.5. The summed E-state index contributed by atoms with van der Waals surface area (Å²) in [6.45, 7) is 6.89. The van der Waals surface area contributed by atoms with Gasteiger partial charge in [0.2, 0.25) is 0 Å². The second-order valence-corrected chi connectivity index (χ2v) is 7.95. The molecule has 0 amide bonds. The SMILES string of the molecule is CCC(SSC(CC)=C(C)C(=O)O)=C(C)C(=O)O.c1ccncc1.c1ccncc1. The number of hydrogen-bond donors (Lipinski definition) is 2. The Hall–Kier alpha value is -2.58. The molecule has 0 atom stereocenters. The largest absolute Gasteiger partial charge is 0.478 e. The van der Waals surface area contributed by atoms with Crippen LogP contribution in [0.3, 0.4) is 0 Å². The topological polar surface area (TPSA) is 100 Å². The minimum absolute atomic E-state index is 0.318. The average Bonchev–Trinajstić information content (AvgIpc) is 2.79. The number of carboxylic acids is 2. The Morgan fingerprint density at radius 3 is 1.10 bits per heavy atom. The van der Waals surface area contributed by atoms with E-state index < -0.39 is 11.9 Å². The van der Waals surface area contributed by atoms with Crippen LogP contribution in [-0.4, -0.2) is 32.1 Å². The quantitative estimate of drug-likeness (QED) is 0.389. The number of hydrogen-bond acceptors (Lipinski definition) is 6. The van der Waals surface area contributed by atoms with Gasteiger partial charge in [-0.25, -0.2) is 9.59 Å². The molecule has 0 saturated heterocycles. The molecule has 2 aromatic rings. The first-order valence-electron chi connectivity index (χ1n) is 9.25. The standard InChI is InChI=1S/C12H18O4S2.2C5H5N/c1-5-9(7(3)11(13)14)17-18-10(6-2)8(4)12(15)16;2*1-2-4-6-5-3-1/h5-6H2,1-4H3,(H,13,14)(H,15,16);2*1-5H. The van der Waals surface area contributed by atoms with Gasteiger partial charge in [-0.05, 0) is 51.0 Å². The van der Waals surface area contributed by atoms with Crippen molar-refractivity contribution in [2.75, 3.05) is 0 Å². The molecule has 0 aliphatic carbocycles. The van der Waals surface area contributed by atoms with Crippen LogP contribution >= 0.6 is 21.6 Å². The molecule has 0 unspecified atom stereocenters. The first-order valence-corrected chi connectivity index (χ1v) is 11.4. The summed E-state index contributed by atoms with van der Waals surface area (Å²) < 4.78 is 0. The highest BCUT2D eigenvalue weighted by Crippen LogP contribution is 2.41. The van der Waals surface area contributed by atoms with E-state index in [0.29, 0.717) is 24.0 Å². The first-order chi connectivity index (χ1) is 14.3. The fourth-order valence-electron chi connectivity index (χ4n) is 1.74. The lowest BCUT2D eigenvalue weighted by atomic mass is 10.2. The summed E-state index contributed by atoms with van der Waals surface area (Å²) in [7, 11) is 2.66. The maximum atomic E-state index is 10.9. The fourth-order valence-corrected chi connectivity index (χ4v) is 4.66. The van der Waals surface area contributed by atoms with Gasteiger partial charge in [0.15, 0.2) is 0 Å². The third-order valence-electron chi connectivity index (χ3n) is 3.50. The van der Waals surface area contributed by atoms with E-state index in [-0.39, 0.29) is 0 Å². The van der Waals surface area contributed by atoms with Crippen LogP contribution in [0.25, 0.3) is 0 Å². The lowest BCUT2D eigenvalue weighted by Gasteiger charge is -2.09. The Morgan fingerprint density at radius 2 is 0.967 bits per heavy atom. The maximum absolute atomic E-state index is 10.9. The maximum Gasteiger partial charge on any atom is 0.332 e. The van der Waals surface area contributed by atoms with Crippen molar-refractivity contribution in [3.05, 3.63) is 82.1 Å². The third kappa shape index (κ3) is 12.8. The number of pyridine rings is 2. The molecule has 30 heavy (non-hydrogen) atoms. The molecule has 2 N–H and O–H groups in total. The van der Waals surface area contributed by atoms with Crippen LogP contribution in [0.15, 0.2) is 82.1 Å². The number of aliphatic carboxylic acids is 2. The summed E-state index contributed by atoms with van der Waals surface area (Å²) in [5, 5.41) is 17.8. The minimum Gasteiger partial charge on any atom is -0.478 e. The number of allylic oxidation sites excluding steroid dienone is 2. The van der Waals surface area contributed by atoms with Crippen molar-refractivity contribution in [1.29, 1.82) is 0 Å². The zero-order valence-corrected chi connectivity index (χ0v) is 19.2. The second-order valence-electron chi connectivity index (χ2n) is 5.63. The molecule has 0 bridgehead atoms. The van der Waals surface area contributed by atoms with Gasteiger partial charge in [-0.2, -0.15) is 0 Å². The minimum atomic E-state index is -0.933. The number of rotatable bonds is 7. The van der Waals surface area contributed by atoms with Crippen LogP contribution < -0.4 is 0 Å². The number of carboxylic acid groups (broad SMARTS) is 2. The predicted octanol–water partition coefficient (Wildman–Crippen LogP) is 6.07. The fraction of sp³-hybridized carbons (Fsp3) is 0.273. The van der Waals surface area contributed by atoms with Crippen LogP contribution in [0, 0.1) is 0 Å². The van der Waals surface area contributed by atoms with Crippen LogP contribution in [0.5, 0.6) is 0 Å². The van der Waals surface area contributed by atoms with Gasteiger partial charge in [-0.3, -0.25) is 9.97 Å². The molecule has 0 radical (unpaired) electrons. The highest BCUT2D eigenvalue weighted by molar-refractivity contribution is 8.79. The van der Waals surface area contributed by atoms with Crippen molar-refractivity contribution in [1.82, 2.24) is 9.97 Å². The molecule has 2 rings (SSSR count). The van der Waals surface area contributed by atoms with E-state index in [1.165, 1.54) is 21.6 Å². The van der Waals surface area contributed by atoms with Crippen molar-refractivity contribution < 1.29 is 19.8 Å². The van der Waals surface area contributed by atoms with Gasteiger partial charge in [-0.1, -0.05) is 47.6 Å². The summed E-state index contributed by atoms with van der Waals surface area (Å²) in [6, 6.07) is 11.4. The average molecular weight is 449 g/mol. The van der Waals surface area contributed by atoms with Crippen LogP contribution in [0.1, 0.15) is 40.5 Å². The lowest BCUT2D eigenvalue weighted by molar-refractivity contribution is -0.133.